The zero-order valence-electron chi connectivity index (χ0n) is 18.0. The van der Waals surface area contributed by atoms with Crippen LogP contribution >= 0.6 is 11.8 Å². The summed E-state index contributed by atoms with van der Waals surface area (Å²) in [5.41, 5.74) is 1.14. The number of non-ortho nitro benzene ring substituents is 1. The lowest BCUT2D eigenvalue weighted by Gasteiger charge is -2.12. The van der Waals surface area contributed by atoms with Crippen molar-refractivity contribution in [3.8, 4) is 11.4 Å². The zero-order chi connectivity index (χ0) is 24.4. The standard InChI is InChI=1S/C26H16F2N4O2S/c27-16-9-11-19(12-10-16)35-20-14-17(13-18(15-20)32(33)34)29-26-22-6-2-4-8-24(22)30-25(31-26)21-5-1-3-7-23(21)28/h1-15H,(H,29,30,31). The number of nitrogens with one attached hydrogen (secondary N) is 1. The van der Waals surface area contributed by atoms with Gasteiger partial charge in [0.15, 0.2) is 5.82 Å². The van der Waals surface area contributed by atoms with Gasteiger partial charge in [-0.2, -0.15) is 0 Å². The Morgan fingerprint density at radius 3 is 2.34 bits per heavy atom. The van der Waals surface area contributed by atoms with Gasteiger partial charge in [-0.1, -0.05) is 36.0 Å². The van der Waals surface area contributed by atoms with Gasteiger partial charge in [-0.15, -0.1) is 0 Å². The van der Waals surface area contributed by atoms with Crippen molar-refractivity contribution in [3.05, 3.63) is 113 Å². The molecule has 0 saturated heterocycles. The minimum Gasteiger partial charge on any atom is -0.339 e. The minimum absolute atomic E-state index is 0.118. The molecule has 0 bridgehead atoms. The first-order chi connectivity index (χ1) is 17.0. The lowest BCUT2D eigenvalue weighted by atomic mass is 10.1. The molecule has 0 unspecified atom stereocenters. The number of fused-ring (bicyclic) bond motifs is 1. The smallest absolute Gasteiger partial charge is 0.272 e. The third kappa shape index (κ3) is 4.95. The molecule has 172 valence electrons. The van der Waals surface area contributed by atoms with Crippen LogP contribution in [0.2, 0.25) is 0 Å². The van der Waals surface area contributed by atoms with Crippen LogP contribution in [0.3, 0.4) is 0 Å². The SMILES string of the molecule is O=[N+]([O-])c1cc(Nc2nc(-c3ccccc3F)nc3ccccc23)cc(Sc2ccc(F)cc2)c1. The van der Waals surface area contributed by atoms with Crippen molar-refractivity contribution in [2.45, 2.75) is 9.79 Å². The van der Waals surface area contributed by atoms with Crippen LogP contribution in [0.5, 0.6) is 0 Å². The largest absolute Gasteiger partial charge is 0.339 e. The summed E-state index contributed by atoms with van der Waals surface area (Å²) in [6.45, 7) is 0. The number of hydrogen-bond acceptors (Lipinski definition) is 6. The van der Waals surface area contributed by atoms with Gasteiger partial charge in [-0.3, -0.25) is 10.1 Å². The van der Waals surface area contributed by atoms with E-state index in [1.54, 1.807) is 42.5 Å². The molecule has 0 atom stereocenters. The number of nitro benzene ring substituents is 1. The monoisotopic (exact) mass is 486 g/mol. The van der Waals surface area contributed by atoms with Crippen LogP contribution < -0.4 is 5.32 Å². The van der Waals surface area contributed by atoms with E-state index in [0.29, 0.717) is 27.3 Å². The highest BCUT2D eigenvalue weighted by Gasteiger charge is 2.15. The third-order valence-electron chi connectivity index (χ3n) is 5.13. The van der Waals surface area contributed by atoms with Crippen LogP contribution in [0.25, 0.3) is 22.3 Å². The van der Waals surface area contributed by atoms with Gasteiger partial charge in [-0.25, -0.2) is 18.7 Å². The second kappa shape index (κ2) is 9.47. The Kier molecular flexibility index (Phi) is 6.07. The summed E-state index contributed by atoms with van der Waals surface area (Å²) < 4.78 is 27.7. The van der Waals surface area contributed by atoms with Gasteiger partial charge in [0, 0.05) is 33.0 Å². The molecule has 0 radical (unpaired) electrons. The number of nitrogens with zero attached hydrogens (tertiary/aromatic N) is 3. The first-order valence-corrected chi connectivity index (χ1v) is 11.3. The Hall–Kier alpha value is -4.37. The van der Waals surface area contributed by atoms with Crippen LogP contribution in [0.1, 0.15) is 0 Å². The number of aromatic nitrogens is 2. The molecule has 9 heteroatoms. The fourth-order valence-electron chi connectivity index (χ4n) is 3.53. The van der Waals surface area contributed by atoms with Crippen LogP contribution in [-0.4, -0.2) is 14.9 Å². The highest BCUT2D eigenvalue weighted by Crippen LogP contribution is 2.35. The van der Waals surface area contributed by atoms with E-state index in [2.05, 4.69) is 15.3 Å². The van der Waals surface area contributed by atoms with E-state index < -0.39 is 10.7 Å². The summed E-state index contributed by atoms with van der Waals surface area (Å²) in [4.78, 5) is 21.5. The molecule has 1 aromatic heterocycles. The molecule has 5 aromatic rings. The van der Waals surface area contributed by atoms with Crippen molar-refractivity contribution in [1.29, 1.82) is 0 Å². The van der Waals surface area contributed by atoms with Crippen LogP contribution in [0.15, 0.2) is 101 Å². The Balaban J connectivity index is 1.58. The average Bonchev–Trinajstić information content (AvgIpc) is 2.85. The number of para-hydroxylation sites is 1. The molecule has 4 aromatic carbocycles. The maximum atomic E-state index is 14.5. The molecule has 0 aliphatic rings. The van der Waals surface area contributed by atoms with Gasteiger partial charge >= 0.3 is 0 Å². The van der Waals surface area contributed by atoms with E-state index in [-0.39, 0.29) is 22.9 Å². The lowest BCUT2D eigenvalue weighted by Crippen LogP contribution is -2.01. The second-order valence-corrected chi connectivity index (χ2v) is 8.69. The topological polar surface area (TPSA) is 81.0 Å². The average molecular weight is 487 g/mol. The molecule has 0 spiro atoms. The number of benzene rings is 4. The molecule has 1 N–H and O–H groups in total. The van der Waals surface area contributed by atoms with Gasteiger partial charge in [0.2, 0.25) is 0 Å². The fourth-order valence-corrected chi connectivity index (χ4v) is 4.44. The van der Waals surface area contributed by atoms with Crippen molar-refractivity contribution in [2.24, 2.45) is 0 Å². The Bertz CT molecular complexity index is 1560. The summed E-state index contributed by atoms with van der Waals surface area (Å²) >= 11 is 1.26. The van der Waals surface area contributed by atoms with Gasteiger partial charge in [-0.05, 0) is 54.6 Å². The van der Waals surface area contributed by atoms with E-state index >= 15 is 0 Å². The molecule has 0 saturated carbocycles. The molecule has 0 amide bonds. The van der Waals surface area contributed by atoms with Crippen molar-refractivity contribution < 1.29 is 13.7 Å². The normalized spacial score (nSPS) is 10.9. The molecule has 0 aliphatic heterocycles. The van der Waals surface area contributed by atoms with E-state index in [1.807, 2.05) is 18.2 Å². The van der Waals surface area contributed by atoms with Crippen molar-refractivity contribution in [1.82, 2.24) is 9.97 Å². The number of hydrogen-bond donors (Lipinski definition) is 1. The highest BCUT2D eigenvalue weighted by atomic mass is 32.2. The van der Waals surface area contributed by atoms with Gasteiger partial charge in [0.1, 0.15) is 17.5 Å². The van der Waals surface area contributed by atoms with Crippen molar-refractivity contribution >= 4 is 39.9 Å². The first kappa shape index (κ1) is 22.4. The Morgan fingerprint density at radius 2 is 1.57 bits per heavy atom. The summed E-state index contributed by atoms with van der Waals surface area (Å²) in [6.07, 6.45) is 0. The Morgan fingerprint density at radius 1 is 0.829 bits per heavy atom. The van der Waals surface area contributed by atoms with Crippen LogP contribution in [0, 0.1) is 21.7 Å². The minimum atomic E-state index is -0.483. The predicted octanol–water partition coefficient (Wildman–Crippen LogP) is 7.38. The van der Waals surface area contributed by atoms with E-state index in [4.69, 9.17) is 0 Å². The number of rotatable bonds is 6. The summed E-state index contributed by atoms with van der Waals surface area (Å²) in [6, 6.07) is 23.9. The molecule has 35 heavy (non-hydrogen) atoms. The number of halogens is 2. The second-order valence-electron chi connectivity index (χ2n) is 7.55. The molecular formula is C26H16F2N4O2S. The molecule has 5 rings (SSSR count). The highest BCUT2D eigenvalue weighted by molar-refractivity contribution is 7.99. The quantitative estimate of drug-likeness (QED) is 0.199. The van der Waals surface area contributed by atoms with Gasteiger partial charge in [0.05, 0.1) is 16.0 Å². The number of nitro groups is 1. The maximum Gasteiger partial charge on any atom is 0.272 e. The Labute approximate surface area is 202 Å². The van der Waals surface area contributed by atoms with E-state index in [1.165, 1.54) is 42.1 Å². The molecule has 0 fully saturated rings. The summed E-state index contributed by atoms with van der Waals surface area (Å²) in [7, 11) is 0. The lowest BCUT2D eigenvalue weighted by molar-refractivity contribution is -0.385. The van der Waals surface area contributed by atoms with Crippen molar-refractivity contribution in [3.63, 3.8) is 0 Å². The third-order valence-corrected chi connectivity index (χ3v) is 6.11. The molecular weight excluding hydrogens is 470 g/mol. The first-order valence-electron chi connectivity index (χ1n) is 10.5. The van der Waals surface area contributed by atoms with Gasteiger partial charge < -0.3 is 5.32 Å². The molecule has 6 nitrogen and oxygen atoms in total. The molecule has 0 aliphatic carbocycles. The summed E-state index contributed by atoms with van der Waals surface area (Å²) in [5, 5.41) is 15.4. The maximum absolute atomic E-state index is 14.5. The number of anilines is 2. The summed E-state index contributed by atoms with van der Waals surface area (Å²) in [5.74, 6) is -0.248. The van der Waals surface area contributed by atoms with Gasteiger partial charge in [0.25, 0.3) is 5.69 Å². The fraction of sp³-hybridized carbons (Fsp3) is 0. The van der Waals surface area contributed by atoms with E-state index in [9.17, 15) is 18.9 Å². The zero-order valence-corrected chi connectivity index (χ0v) is 18.8. The van der Waals surface area contributed by atoms with E-state index in [0.717, 1.165) is 4.90 Å². The van der Waals surface area contributed by atoms with Crippen LogP contribution in [0.4, 0.5) is 26.0 Å². The van der Waals surface area contributed by atoms with Crippen LogP contribution in [-0.2, 0) is 0 Å². The predicted molar refractivity (Wildman–Crippen MR) is 132 cm³/mol. The van der Waals surface area contributed by atoms with Crippen molar-refractivity contribution in [2.75, 3.05) is 5.32 Å². The molecule has 1 heterocycles.